The first-order chi connectivity index (χ1) is 9.38. The van der Waals surface area contributed by atoms with E-state index in [1.807, 2.05) is 6.92 Å². The largest absolute Gasteiger partial charge is 0.399 e. The van der Waals surface area contributed by atoms with Crippen LogP contribution in [0.15, 0.2) is 24.3 Å². The number of nitrogens with one attached hydrogen (secondary N) is 1. The highest BCUT2D eigenvalue weighted by molar-refractivity contribution is 6.05. The molecule has 0 aliphatic heterocycles. The number of rotatable bonds is 2. The Morgan fingerprint density at radius 1 is 1.25 bits per heavy atom. The molecule has 0 aliphatic carbocycles. The molecule has 4 nitrogen and oxygen atoms in total. The van der Waals surface area contributed by atoms with Crippen LogP contribution in [0.3, 0.4) is 0 Å². The van der Waals surface area contributed by atoms with Gasteiger partial charge in [-0.25, -0.2) is 4.39 Å². The normalized spacial score (nSPS) is 10.4. The van der Waals surface area contributed by atoms with Crippen LogP contribution in [0, 0.1) is 26.6 Å². The number of anilines is 2. The number of pyridine rings is 1. The van der Waals surface area contributed by atoms with E-state index < -0.39 is 11.7 Å². The molecule has 1 aromatic heterocycles. The van der Waals surface area contributed by atoms with Gasteiger partial charge in [-0.3, -0.25) is 9.78 Å². The monoisotopic (exact) mass is 273 g/mol. The standard InChI is InChI=1S/C15H16FN3O/c1-8-6-11(17)7-12(14(8)16)15(20)19-13-5-4-9(2)18-10(13)3/h4-7H,17H2,1-3H3,(H,19,20). The van der Waals surface area contributed by atoms with Gasteiger partial charge in [0, 0.05) is 11.4 Å². The molecule has 20 heavy (non-hydrogen) atoms. The van der Waals surface area contributed by atoms with Crippen LogP contribution < -0.4 is 11.1 Å². The Labute approximate surface area is 116 Å². The first-order valence-corrected chi connectivity index (χ1v) is 6.19. The third-order valence-electron chi connectivity index (χ3n) is 2.99. The van der Waals surface area contributed by atoms with E-state index in [0.29, 0.717) is 22.6 Å². The molecule has 0 saturated carbocycles. The Bertz CT molecular complexity index is 683. The summed E-state index contributed by atoms with van der Waals surface area (Å²) in [7, 11) is 0. The number of nitrogens with two attached hydrogens (primary N) is 1. The van der Waals surface area contributed by atoms with Crippen LogP contribution in [0.4, 0.5) is 15.8 Å². The molecule has 0 saturated heterocycles. The van der Waals surface area contributed by atoms with E-state index in [9.17, 15) is 9.18 Å². The Morgan fingerprint density at radius 2 is 1.95 bits per heavy atom. The van der Waals surface area contributed by atoms with Gasteiger partial charge in [0.2, 0.25) is 0 Å². The number of hydrogen-bond acceptors (Lipinski definition) is 3. The molecule has 0 atom stereocenters. The molecule has 2 rings (SSSR count). The minimum atomic E-state index is -0.561. The van der Waals surface area contributed by atoms with Gasteiger partial charge in [-0.2, -0.15) is 0 Å². The van der Waals surface area contributed by atoms with E-state index in [0.717, 1.165) is 5.69 Å². The molecule has 5 heteroatoms. The smallest absolute Gasteiger partial charge is 0.258 e. The van der Waals surface area contributed by atoms with Gasteiger partial charge in [-0.05, 0) is 50.6 Å². The van der Waals surface area contributed by atoms with Crippen LogP contribution in [-0.2, 0) is 0 Å². The molecule has 1 amide bonds. The molecule has 0 radical (unpaired) electrons. The van der Waals surface area contributed by atoms with Gasteiger partial charge < -0.3 is 11.1 Å². The summed E-state index contributed by atoms with van der Waals surface area (Å²) in [6.45, 7) is 5.21. The quantitative estimate of drug-likeness (QED) is 0.826. The van der Waals surface area contributed by atoms with Gasteiger partial charge in [0.1, 0.15) is 5.82 Å². The number of nitrogen functional groups attached to an aromatic ring is 1. The highest BCUT2D eigenvalue weighted by atomic mass is 19.1. The Kier molecular flexibility index (Phi) is 3.70. The second kappa shape index (κ2) is 5.28. The van der Waals surface area contributed by atoms with Crippen molar-refractivity contribution in [2.75, 3.05) is 11.1 Å². The molecular weight excluding hydrogens is 257 g/mol. The molecule has 104 valence electrons. The fourth-order valence-electron chi connectivity index (χ4n) is 1.97. The molecule has 0 unspecified atom stereocenters. The highest BCUT2D eigenvalue weighted by Gasteiger charge is 2.15. The number of aryl methyl sites for hydroxylation is 3. The van der Waals surface area contributed by atoms with Crippen LogP contribution in [0.5, 0.6) is 0 Å². The van der Waals surface area contributed by atoms with Crippen molar-refractivity contribution in [3.05, 3.63) is 52.6 Å². The number of halogens is 1. The predicted octanol–water partition coefficient (Wildman–Crippen LogP) is 2.98. The SMILES string of the molecule is Cc1ccc(NC(=O)c2cc(N)cc(C)c2F)c(C)n1. The first-order valence-electron chi connectivity index (χ1n) is 6.19. The van der Waals surface area contributed by atoms with Gasteiger partial charge in [0.15, 0.2) is 0 Å². The van der Waals surface area contributed by atoms with E-state index >= 15 is 0 Å². The Morgan fingerprint density at radius 3 is 2.60 bits per heavy atom. The van der Waals surface area contributed by atoms with Gasteiger partial charge in [-0.1, -0.05) is 0 Å². The summed E-state index contributed by atoms with van der Waals surface area (Å²) in [5.74, 6) is -1.10. The Balaban J connectivity index is 2.33. The van der Waals surface area contributed by atoms with Crippen LogP contribution in [-0.4, -0.2) is 10.9 Å². The van der Waals surface area contributed by atoms with Crippen molar-refractivity contribution in [3.8, 4) is 0 Å². The minimum absolute atomic E-state index is 0.0672. The van der Waals surface area contributed by atoms with Crippen LogP contribution in [0.25, 0.3) is 0 Å². The fourth-order valence-corrected chi connectivity index (χ4v) is 1.97. The second-order valence-corrected chi connectivity index (χ2v) is 4.74. The molecule has 0 bridgehead atoms. The summed E-state index contributed by atoms with van der Waals surface area (Å²) in [6.07, 6.45) is 0. The summed E-state index contributed by atoms with van der Waals surface area (Å²) in [5.41, 5.74) is 8.37. The summed E-state index contributed by atoms with van der Waals surface area (Å²) in [4.78, 5) is 16.4. The number of benzene rings is 1. The molecule has 1 aromatic carbocycles. The third kappa shape index (κ3) is 2.77. The van der Waals surface area contributed by atoms with Crippen molar-refractivity contribution in [2.24, 2.45) is 0 Å². The van der Waals surface area contributed by atoms with Gasteiger partial charge >= 0.3 is 0 Å². The maximum atomic E-state index is 14.0. The minimum Gasteiger partial charge on any atom is -0.399 e. The summed E-state index contributed by atoms with van der Waals surface area (Å²) in [6, 6.07) is 6.34. The average Bonchev–Trinajstić information content (AvgIpc) is 2.37. The summed E-state index contributed by atoms with van der Waals surface area (Å²) < 4.78 is 14.0. The van der Waals surface area contributed by atoms with E-state index in [1.165, 1.54) is 12.1 Å². The number of carbonyl (C=O) groups is 1. The zero-order valence-corrected chi connectivity index (χ0v) is 11.6. The van der Waals surface area contributed by atoms with Crippen LogP contribution >= 0.6 is 0 Å². The van der Waals surface area contributed by atoms with Crippen molar-refractivity contribution in [2.45, 2.75) is 20.8 Å². The van der Waals surface area contributed by atoms with E-state index in [4.69, 9.17) is 5.73 Å². The van der Waals surface area contributed by atoms with Crippen molar-refractivity contribution in [1.29, 1.82) is 0 Å². The lowest BCUT2D eigenvalue weighted by Gasteiger charge is -2.10. The first kappa shape index (κ1) is 14.0. The van der Waals surface area contributed by atoms with Crippen molar-refractivity contribution < 1.29 is 9.18 Å². The fraction of sp³-hybridized carbons (Fsp3) is 0.200. The number of hydrogen-bond donors (Lipinski definition) is 2. The van der Waals surface area contributed by atoms with Gasteiger partial charge in [0.25, 0.3) is 5.91 Å². The predicted molar refractivity (Wildman–Crippen MR) is 77.2 cm³/mol. The molecule has 3 N–H and O–H groups in total. The van der Waals surface area contributed by atoms with Crippen molar-refractivity contribution in [3.63, 3.8) is 0 Å². The summed E-state index contributed by atoms with van der Waals surface area (Å²) in [5, 5.41) is 2.65. The molecular formula is C15H16FN3O. The highest BCUT2D eigenvalue weighted by Crippen LogP contribution is 2.20. The molecule has 0 spiro atoms. The van der Waals surface area contributed by atoms with Gasteiger partial charge in [0.05, 0.1) is 16.9 Å². The lowest BCUT2D eigenvalue weighted by atomic mass is 10.1. The van der Waals surface area contributed by atoms with E-state index in [2.05, 4.69) is 10.3 Å². The van der Waals surface area contributed by atoms with Crippen molar-refractivity contribution >= 4 is 17.3 Å². The van der Waals surface area contributed by atoms with E-state index in [1.54, 1.807) is 26.0 Å². The van der Waals surface area contributed by atoms with E-state index in [-0.39, 0.29) is 5.56 Å². The Hall–Kier alpha value is -2.43. The number of aromatic nitrogens is 1. The van der Waals surface area contributed by atoms with Crippen LogP contribution in [0.1, 0.15) is 27.3 Å². The molecule has 0 fully saturated rings. The maximum absolute atomic E-state index is 14.0. The van der Waals surface area contributed by atoms with Gasteiger partial charge in [-0.15, -0.1) is 0 Å². The lowest BCUT2D eigenvalue weighted by molar-refractivity contribution is 0.102. The second-order valence-electron chi connectivity index (χ2n) is 4.74. The zero-order valence-electron chi connectivity index (χ0n) is 11.6. The number of carbonyl (C=O) groups excluding carboxylic acids is 1. The topological polar surface area (TPSA) is 68.0 Å². The average molecular weight is 273 g/mol. The third-order valence-corrected chi connectivity index (χ3v) is 2.99. The molecule has 2 aromatic rings. The number of amides is 1. The number of nitrogens with zero attached hydrogens (tertiary/aromatic N) is 1. The zero-order chi connectivity index (χ0) is 14.9. The van der Waals surface area contributed by atoms with Crippen LogP contribution in [0.2, 0.25) is 0 Å². The molecule has 1 heterocycles. The summed E-state index contributed by atoms with van der Waals surface area (Å²) >= 11 is 0. The van der Waals surface area contributed by atoms with Crippen molar-refractivity contribution in [1.82, 2.24) is 4.98 Å². The molecule has 0 aliphatic rings. The maximum Gasteiger partial charge on any atom is 0.258 e. The lowest BCUT2D eigenvalue weighted by Crippen LogP contribution is -2.16.